The van der Waals surface area contributed by atoms with E-state index in [1.807, 2.05) is 91.0 Å². The highest BCUT2D eigenvalue weighted by Crippen LogP contribution is 2.68. The minimum atomic E-state index is -1.34. The monoisotopic (exact) mass is 898 g/mol. The maximum absolute atomic E-state index is 14.9. The Morgan fingerprint density at radius 3 is 2.24 bits per heavy atom. The molecule has 0 aromatic heterocycles. The molecule has 7 rings (SSSR count). The minimum absolute atomic E-state index is 0.0203. The van der Waals surface area contributed by atoms with Crippen LogP contribution in [0.25, 0.3) is 0 Å². The Kier molecular flexibility index (Phi) is 13.9. The summed E-state index contributed by atoms with van der Waals surface area (Å²) in [4.78, 5) is 41.5. The van der Waals surface area contributed by atoms with Crippen molar-refractivity contribution in [2.24, 2.45) is 40.9 Å². The zero-order valence-electron chi connectivity index (χ0n) is 39.3. The summed E-state index contributed by atoms with van der Waals surface area (Å²) in [5, 5.41) is 36.3. The number of carboxylic acids is 1. The molecule has 5 heterocycles. The smallest absolute Gasteiger partial charge is 0.309 e. The molecule has 352 valence electrons. The maximum Gasteiger partial charge on any atom is 0.309 e. The number of ketones is 1. The first-order chi connectivity index (χ1) is 29.7. The molecule has 4 saturated heterocycles. The van der Waals surface area contributed by atoms with E-state index in [0.717, 1.165) is 23.1 Å². The zero-order valence-corrected chi connectivity index (χ0v) is 40.1. The van der Waals surface area contributed by atoms with Crippen molar-refractivity contribution >= 4 is 28.8 Å². The molecule has 18 atom stereocenters. The number of carboxylic acid groups (broad SMARTS) is 1. The number of carbonyl (C=O) groups excluding carboxylic acids is 2. The van der Waals surface area contributed by atoms with Crippen molar-refractivity contribution < 1.29 is 53.4 Å². The summed E-state index contributed by atoms with van der Waals surface area (Å²) in [5.74, 6) is -5.55. The highest BCUT2D eigenvalue weighted by atomic mass is 32.2. The van der Waals surface area contributed by atoms with Gasteiger partial charge in [-0.2, -0.15) is 0 Å². The number of aliphatic hydroxyl groups is 2. The summed E-state index contributed by atoms with van der Waals surface area (Å²) < 4.78 is 35.0. The van der Waals surface area contributed by atoms with E-state index in [-0.39, 0.29) is 34.9 Å². The summed E-state index contributed by atoms with van der Waals surface area (Å²) in [5.41, 5.74) is -3.13. The standard InChI is InChI=1S/C50H75NO11S/c1-11-35(43(54)55)37-20-19-30(5)48(59-37)28-45(48,9)42(53)32(7)40(52)36(12-2)41-29(4)27-31(6)49(60-41)24-21-38(51-44(56)63-34-17-15-14-16-18-34)50(62-49)26-25-46(10,61-50)39-22-23-47(57,13-3)33(8)58-39/h14-18,21,24,29-33,35-39,41-42,53,57H,11-13,19-20,22-23,25-28H2,1-10H3,(H,51,56)(H,54,55)/t29-,30-,31+,32+,33-,35+,36-,37+,38+,39+,41-,42+,45?,46-,47+,48+,49-,50-/m0/s1. The van der Waals surface area contributed by atoms with Crippen LogP contribution in [0.2, 0.25) is 0 Å². The Morgan fingerprint density at radius 2 is 1.60 bits per heavy atom. The lowest BCUT2D eigenvalue weighted by atomic mass is 9.72. The second-order valence-electron chi connectivity index (χ2n) is 20.8. The van der Waals surface area contributed by atoms with Crippen LogP contribution < -0.4 is 5.32 Å². The van der Waals surface area contributed by atoms with Crippen LogP contribution in [0.4, 0.5) is 4.79 Å². The van der Waals surface area contributed by atoms with Crippen LogP contribution in [0.15, 0.2) is 47.4 Å². The van der Waals surface area contributed by atoms with E-state index in [1.165, 1.54) is 0 Å². The van der Waals surface area contributed by atoms with E-state index in [4.69, 9.17) is 23.7 Å². The summed E-state index contributed by atoms with van der Waals surface area (Å²) in [6.45, 7) is 19.9. The third-order valence-electron chi connectivity index (χ3n) is 17.0. The first kappa shape index (κ1) is 48.6. The molecule has 0 bridgehead atoms. The van der Waals surface area contributed by atoms with Gasteiger partial charge in [-0.15, -0.1) is 0 Å². The lowest BCUT2D eigenvalue weighted by Crippen LogP contribution is -2.65. The summed E-state index contributed by atoms with van der Waals surface area (Å²) in [6.07, 6.45) is 7.58. The molecule has 1 unspecified atom stereocenters. The van der Waals surface area contributed by atoms with Crippen molar-refractivity contribution in [1.29, 1.82) is 0 Å². The topological polar surface area (TPSA) is 170 Å². The molecule has 63 heavy (non-hydrogen) atoms. The van der Waals surface area contributed by atoms with E-state index < -0.39 is 88.0 Å². The second kappa shape index (κ2) is 18.0. The van der Waals surface area contributed by atoms with Gasteiger partial charge in [0.15, 0.2) is 11.6 Å². The van der Waals surface area contributed by atoms with Crippen LogP contribution in [0.1, 0.15) is 140 Å². The number of hydrogen-bond acceptors (Lipinski definition) is 11. The SMILES string of the molecule is CC[C@@H](C(=O)[C@@H](C)[C@@H](O)C1(C)C[C@]12O[C@@H]([C@@H](CC)C(=O)O)CC[C@@H]2C)[C@H]1O[C@]2(C=C[C@@H](NC(=O)Sc3ccccc3)[C@]3(CC[C@@](C)([C@H]4CC[C@](O)(CC)[C@H](C)O4)O3)O2)[C@H](C)C[C@@H]1C. The van der Waals surface area contributed by atoms with Crippen LogP contribution >= 0.6 is 11.8 Å². The molecule has 4 N–H and O–H groups in total. The molecule has 13 heteroatoms. The number of amides is 1. The first-order valence-corrected chi connectivity index (χ1v) is 24.8. The molecule has 12 nitrogen and oxygen atoms in total. The minimum Gasteiger partial charge on any atom is -0.481 e. The molecule has 0 radical (unpaired) electrons. The quantitative estimate of drug-likeness (QED) is 0.110. The normalized spacial score (nSPS) is 44.3. The van der Waals surface area contributed by atoms with Gasteiger partial charge in [-0.25, -0.2) is 0 Å². The van der Waals surface area contributed by atoms with Crippen LogP contribution in [0.5, 0.6) is 0 Å². The predicted octanol–water partition coefficient (Wildman–Crippen LogP) is 8.84. The molecule has 1 aromatic rings. The number of aliphatic hydroxyl groups excluding tert-OH is 1. The Morgan fingerprint density at radius 1 is 0.905 bits per heavy atom. The van der Waals surface area contributed by atoms with Gasteiger partial charge >= 0.3 is 5.97 Å². The number of aliphatic carboxylic acids is 1. The second-order valence-corrected chi connectivity index (χ2v) is 21.9. The average molecular weight is 898 g/mol. The molecule has 3 spiro atoms. The number of hydrogen-bond donors (Lipinski definition) is 4. The Balaban J connectivity index is 1.13. The van der Waals surface area contributed by atoms with E-state index in [2.05, 4.69) is 26.1 Å². The summed E-state index contributed by atoms with van der Waals surface area (Å²) in [6, 6.07) is 8.80. The highest BCUT2D eigenvalue weighted by molar-refractivity contribution is 8.13. The van der Waals surface area contributed by atoms with Crippen LogP contribution in [0.3, 0.4) is 0 Å². The predicted molar refractivity (Wildman–Crippen MR) is 240 cm³/mol. The molecule has 1 amide bonds. The molecular weight excluding hydrogens is 823 g/mol. The largest absolute Gasteiger partial charge is 0.481 e. The van der Waals surface area contributed by atoms with Crippen molar-refractivity contribution in [2.75, 3.05) is 0 Å². The fourth-order valence-electron chi connectivity index (χ4n) is 12.5. The van der Waals surface area contributed by atoms with Crippen molar-refractivity contribution in [1.82, 2.24) is 5.32 Å². The van der Waals surface area contributed by atoms with Gasteiger partial charge in [0, 0.05) is 34.5 Å². The molecule has 6 aliphatic rings. The van der Waals surface area contributed by atoms with Gasteiger partial charge in [-0.1, -0.05) is 79.7 Å². The Labute approximate surface area is 379 Å². The zero-order chi connectivity index (χ0) is 45.9. The number of Topliss-reactive ketones (excluding diaryl/α,β-unsaturated/α-hetero) is 1. The first-order valence-electron chi connectivity index (χ1n) is 24.0. The van der Waals surface area contributed by atoms with E-state index in [0.29, 0.717) is 64.2 Å². The van der Waals surface area contributed by atoms with Gasteiger partial charge in [0.05, 0.1) is 53.2 Å². The van der Waals surface area contributed by atoms with E-state index in [9.17, 15) is 29.7 Å². The lowest BCUT2D eigenvalue weighted by molar-refractivity contribution is -0.397. The lowest BCUT2D eigenvalue weighted by Gasteiger charge is -2.55. The number of nitrogens with one attached hydrogen (secondary N) is 1. The van der Waals surface area contributed by atoms with Gasteiger partial charge < -0.3 is 44.3 Å². The average Bonchev–Trinajstić information content (AvgIpc) is 3.71. The number of thioether (sulfide) groups is 1. The number of benzene rings is 1. The highest BCUT2D eigenvalue weighted by Gasteiger charge is 2.74. The van der Waals surface area contributed by atoms with Gasteiger partial charge in [0.2, 0.25) is 0 Å². The third kappa shape index (κ3) is 8.62. The van der Waals surface area contributed by atoms with Crippen molar-refractivity contribution in [3.63, 3.8) is 0 Å². The van der Waals surface area contributed by atoms with Crippen molar-refractivity contribution in [3.05, 3.63) is 42.5 Å². The third-order valence-corrected chi connectivity index (χ3v) is 17.8. The maximum atomic E-state index is 14.9. The van der Waals surface area contributed by atoms with Crippen LogP contribution in [-0.2, 0) is 33.3 Å². The van der Waals surface area contributed by atoms with Crippen LogP contribution in [-0.4, -0.2) is 97.3 Å². The number of rotatable bonds is 13. The molecule has 1 aromatic carbocycles. The molecule has 5 fully saturated rings. The fraction of sp³-hybridized carbons (Fsp3) is 0.780. The Hall–Kier alpha value is -2.36. The summed E-state index contributed by atoms with van der Waals surface area (Å²) >= 11 is 1.10. The molecule has 1 saturated carbocycles. The summed E-state index contributed by atoms with van der Waals surface area (Å²) in [7, 11) is 0. The van der Waals surface area contributed by atoms with Gasteiger partial charge in [0.25, 0.3) is 5.24 Å². The van der Waals surface area contributed by atoms with Crippen molar-refractivity contribution in [3.8, 4) is 0 Å². The number of ether oxygens (including phenoxy) is 5. The molecule has 1 aliphatic carbocycles. The van der Waals surface area contributed by atoms with Gasteiger partial charge in [0.1, 0.15) is 11.8 Å². The fourth-order valence-corrected chi connectivity index (χ4v) is 13.2. The van der Waals surface area contributed by atoms with Crippen LogP contribution in [0, 0.1) is 40.9 Å². The van der Waals surface area contributed by atoms with Crippen molar-refractivity contribution in [2.45, 2.75) is 210 Å². The number of carbonyl (C=O) groups is 3. The van der Waals surface area contributed by atoms with E-state index in [1.54, 1.807) is 0 Å². The van der Waals surface area contributed by atoms with E-state index >= 15 is 0 Å². The molecule has 5 aliphatic heterocycles. The van der Waals surface area contributed by atoms with Gasteiger partial charge in [-0.3, -0.25) is 14.4 Å². The molecular formula is C50H75NO11S. The Bertz CT molecular complexity index is 1870. The van der Waals surface area contributed by atoms with Gasteiger partial charge in [-0.05, 0) is 120 Å².